The Bertz CT molecular complexity index is 507. The summed E-state index contributed by atoms with van der Waals surface area (Å²) in [5.41, 5.74) is 5.71. The van der Waals surface area contributed by atoms with Crippen LogP contribution in [0.2, 0.25) is 0 Å². The number of nitrogens with one attached hydrogen (secondary N) is 1. The van der Waals surface area contributed by atoms with Crippen LogP contribution in [0.4, 0.5) is 4.79 Å². The second-order valence-corrected chi connectivity index (χ2v) is 5.15. The molecular weight excluding hydrogens is 258 g/mol. The third kappa shape index (κ3) is 3.08. The Morgan fingerprint density at radius 3 is 2.45 bits per heavy atom. The van der Waals surface area contributed by atoms with Gasteiger partial charge in [-0.25, -0.2) is 4.79 Å². The van der Waals surface area contributed by atoms with Crippen molar-refractivity contribution >= 4 is 11.9 Å². The average Bonchev–Trinajstić information content (AvgIpc) is 2.41. The molecule has 1 saturated heterocycles. The number of primary amides is 1. The molecule has 1 aliphatic rings. The lowest BCUT2D eigenvalue weighted by Crippen LogP contribution is -2.63. The maximum atomic E-state index is 12.1. The van der Waals surface area contributed by atoms with Crippen LogP contribution >= 0.6 is 0 Å². The van der Waals surface area contributed by atoms with Crippen LogP contribution in [0.25, 0.3) is 0 Å². The van der Waals surface area contributed by atoms with Crippen molar-refractivity contribution in [3.63, 3.8) is 0 Å². The normalized spacial score (nSPS) is 16.4. The van der Waals surface area contributed by atoms with E-state index >= 15 is 0 Å². The minimum Gasteiger partial charge on any atom is -0.386 e. The molecule has 4 N–H and O–H groups in total. The minimum absolute atomic E-state index is 0.0856. The lowest BCUT2D eigenvalue weighted by Gasteiger charge is -2.46. The number of rotatable bonds is 4. The van der Waals surface area contributed by atoms with Crippen molar-refractivity contribution < 1.29 is 14.7 Å². The highest BCUT2D eigenvalue weighted by atomic mass is 16.3. The fraction of sp³-hybridized carbons (Fsp3) is 0.429. The molecule has 1 fully saturated rings. The molecule has 1 heterocycles. The Labute approximate surface area is 117 Å². The van der Waals surface area contributed by atoms with Gasteiger partial charge in [0.1, 0.15) is 0 Å². The van der Waals surface area contributed by atoms with E-state index in [1.165, 1.54) is 0 Å². The molecule has 108 valence electrons. The molecular formula is C14H19N3O3. The number of carbonyl (C=O) groups excluding carboxylic acids is 2. The van der Waals surface area contributed by atoms with Crippen molar-refractivity contribution in [2.24, 2.45) is 5.73 Å². The number of β-amino-alcohol motifs (C(OH)–C–C–N with tert-alkyl or cyclic N) is 1. The van der Waals surface area contributed by atoms with Crippen molar-refractivity contribution in [3.05, 3.63) is 35.4 Å². The molecule has 0 spiro atoms. The molecule has 1 aromatic carbocycles. The highest BCUT2D eigenvalue weighted by Crippen LogP contribution is 2.25. The molecule has 0 bridgehead atoms. The van der Waals surface area contributed by atoms with E-state index in [-0.39, 0.29) is 5.91 Å². The van der Waals surface area contributed by atoms with Crippen LogP contribution in [0.5, 0.6) is 0 Å². The van der Waals surface area contributed by atoms with Crippen LogP contribution in [0.3, 0.4) is 0 Å². The van der Waals surface area contributed by atoms with Gasteiger partial charge in [0.15, 0.2) is 0 Å². The first-order chi connectivity index (χ1) is 9.43. The van der Waals surface area contributed by atoms with Crippen LogP contribution in [-0.4, -0.2) is 40.6 Å². The Balaban J connectivity index is 1.93. The largest absolute Gasteiger partial charge is 0.386 e. The Morgan fingerprint density at radius 2 is 1.95 bits per heavy atom. The summed E-state index contributed by atoms with van der Waals surface area (Å²) >= 11 is 0. The van der Waals surface area contributed by atoms with Gasteiger partial charge in [0, 0.05) is 12.1 Å². The van der Waals surface area contributed by atoms with Gasteiger partial charge in [-0.3, -0.25) is 4.79 Å². The Hall–Kier alpha value is -2.08. The first-order valence-electron chi connectivity index (χ1n) is 6.57. The maximum absolute atomic E-state index is 12.1. The second-order valence-electron chi connectivity index (χ2n) is 5.15. The monoisotopic (exact) mass is 277 g/mol. The number of benzene rings is 1. The van der Waals surface area contributed by atoms with Crippen LogP contribution in [0.1, 0.15) is 29.3 Å². The number of likely N-dealkylation sites (tertiary alicyclic amines) is 1. The van der Waals surface area contributed by atoms with E-state index in [1.54, 1.807) is 29.2 Å². The number of hydrogen-bond acceptors (Lipinski definition) is 3. The zero-order chi connectivity index (χ0) is 14.8. The van der Waals surface area contributed by atoms with E-state index in [4.69, 9.17) is 5.73 Å². The molecule has 6 heteroatoms. The molecule has 0 atom stereocenters. The minimum atomic E-state index is -0.721. The van der Waals surface area contributed by atoms with E-state index < -0.39 is 11.6 Å². The quantitative estimate of drug-likeness (QED) is 0.745. The van der Waals surface area contributed by atoms with Crippen LogP contribution in [0.15, 0.2) is 24.3 Å². The summed E-state index contributed by atoms with van der Waals surface area (Å²) in [7, 11) is 0. The van der Waals surface area contributed by atoms with Crippen molar-refractivity contribution in [2.75, 3.05) is 13.1 Å². The number of nitrogens with zero attached hydrogens (tertiary/aromatic N) is 1. The van der Waals surface area contributed by atoms with E-state index in [0.29, 0.717) is 31.6 Å². The van der Waals surface area contributed by atoms with Gasteiger partial charge < -0.3 is 21.1 Å². The predicted octanol–water partition coefficient (Wildman–Crippen LogP) is 0.452. The summed E-state index contributed by atoms with van der Waals surface area (Å²) in [4.78, 5) is 24.4. The summed E-state index contributed by atoms with van der Waals surface area (Å²) < 4.78 is 0. The van der Waals surface area contributed by atoms with Gasteiger partial charge in [-0.05, 0) is 24.1 Å². The standard InChI is InChI=1S/C14H19N3O3/c1-2-14(20)8-17(9-14)12(18)11-5-3-10(4-6-11)7-16-13(15)19/h3-6,20H,2,7-9H2,1H3,(H3,15,16,19). The SMILES string of the molecule is CCC1(O)CN(C(=O)c2ccc(CNC(N)=O)cc2)C1. The zero-order valence-corrected chi connectivity index (χ0v) is 11.4. The second kappa shape index (κ2) is 5.50. The summed E-state index contributed by atoms with van der Waals surface area (Å²) in [6.45, 7) is 3.01. The van der Waals surface area contributed by atoms with Gasteiger partial charge >= 0.3 is 6.03 Å². The maximum Gasteiger partial charge on any atom is 0.312 e. The van der Waals surface area contributed by atoms with Gasteiger partial charge in [0.25, 0.3) is 5.91 Å². The molecule has 0 unspecified atom stereocenters. The van der Waals surface area contributed by atoms with Crippen molar-refractivity contribution in [1.82, 2.24) is 10.2 Å². The first kappa shape index (κ1) is 14.3. The molecule has 1 aromatic rings. The first-order valence-corrected chi connectivity index (χ1v) is 6.57. The number of hydrogen-bond donors (Lipinski definition) is 3. The zero-order valence-electron chi connectivity index (χ0n) is 11.4. The molecule has 6 nitrogen and oxygen atoms in total. The summed E-state index contributed by atoms with van der Waals surface area (Å²) in [5, 5.41) is 12.4. The van der Waals surface area contributed by atoms with Gasteiger partial charge in [-0.1, -0.05) is 19.1 Å². The summed E-state index contributed by atoms with van der Waals surface area (Å²) in [6, 6.07) is 6.39. The van der Waals surface area contributed by atoms with Gasteiger partial charge in [0.05, 0.1) is 18.7 Å². The topological polar surface area (TPSA) is 95.7 Å². The predicted molar refractivity (Wildman–Crippen MR) is 74.0 cm³/mol. The molecule has 3 amide bonds. The van der Waals surface area contributed by atoms with Crippen molar-refractivity contribution in [2.45, 2.75) is 25.5 Å². The number of carbonyl (C=O) groups is 2. The molecule has 1 aliphatic heterocycles. The molecule has 0 aromatic heterocycles. The molecule has 0 radical (unpaired) electrons. The van der Waals surface area contributed by atoms with Gasteiger partial charge in [0.2, 0.25) is 0 Å². The molecule has 2 rings (SSSR count). The number of nitrogens with two attached hydrogens (primary N) is 1. The average molecular weight is 277 g/mol. The van der Waals surface area contributed by atoms with Gasteiger partial charge in [-0.15, -0.1) is 0 Å². The lowest BCUT2D eigenvalue weighted by molar-refractivity contribution is -0.0826. The lowest BCUT2D eigenvalue weighted by atomic mass is 9.90. The number of amides is 3. The molecule has 0 aliphatic carbocycles. The van der Waals surface area contributed by atoms with Gasteiger partial charge in [-0.2, -0.15) is 0 Å². The molecule has 0 saturated carbocycles. The highest BCUT2D eigenvalue weighted by molar-refractivity contribution is 5.95. The summed E-state index contributed by atoms with van der Waals surface area (Å²) in [6.07, 6.45) is 0.647. The highest BCUT2D eigenvalue weighted by Gasteiger charge is 2.42. The van der Waals surface area contributed by atoms with E-state index in [1.807, 2.05) is 6.92 Å². The van der Waals surface area contributed by atoms with Crippen LogP contribution < -0.4 is 11.1 Å². The van der Waals surface area contributed by atoms with E-state index in [9.17, 15) is 14.7 Å². The summed E-state index contributed by atoms with van der Waals surface area (Å²) in [5.74, 6) is -0.0856. The van der Waals surface area contributed by atoms with Crippen LogP contribution in [0, 0.1) is 0 Å². The Morgan fingerprint density at radius 1 is 1.35 bits per heavy atom. The third-order valence-electron chi connectivity index (χ3n) is 3.58. The van der Waals surface area contributed by atoms with Crippen molar-refractivity contribution in [1.29, 1.82) is 0 Å². The van der Waals surface area contributed by atoms with Crippen molar-refractivity contribution in [3.8, 4) is 0 Å². The fourth-order valence-corrected chi connectivity index (χ4v) is 2.17. The van der Waals surface area contributed by atoms with Crippen LogP contribution in [-0.2, 0) is 6.54 Å². The number of aliphatic hydroxyl groups is 1. The van der Waals surface area contributed by atoms with E-state index in [0.717, 1.165) is 5.56 Å². The third-order valence-corrected chi connectivity index (χ3v) is 3.58. The molecule has 20 heavy (non-hydrogen) atoms. The Kier molecular flexibility index (Phi) is 3.94. The smallest absolute Gasteiger partial charge is 0.312 e. The van der Waals surface area contributed by atoms with E-state index in [2.05, 4.69) is 5.32 Å². The number of urea groups is 1. The fourth-order valence-electron chi connectivity index (χ4n) is 2.17.